The second-order valence-corrected chi connectivity index (χ2v) is 6.07. The summed E-state index contributed by atoms with van der Waals surface area (Å²) < 4.78 is 1.06. The molecule has 2 rings (SSSR count). The van der Waals surface area contributed by atoms with Crippen LogP contribution in [0.4, 0.5) is 0 Å². The van der Waals surface area contributed by atoms with Gasteiger partial charge >= 0.3 is 0 Å². The lowest BCUT2D eigenvalue weighted by atomic mass is 9.65. The standard InChI is InChI=1S/C14H19BrClN/c1-3-10-12(8-14(10)17-4-2)11-6-5-9(15)7-13(11)16/h5-7,10,12,14,17H,3-4,8H2,1-2H3. The molecular weight excluding hydrogens is 298 g/mol. The van der Waals surface area contributed by atoms with Gasteiger partial charge < -0.3 is 5.32 Å². The molecule has 17 heavy (non-hydrogen) atoms. The lowest BCUT2D eigenvalue weighted by Gasteiger charge is -2.45. The van der Waals surface area contributed by atoms with Gasteiger partial charge in [0.1, 0.15) is 0 Å². The molecule has 1 aliphatic carbocycles. The van der Waals surface area contributed by atoms with Crippen molar-refractivity contribution >= 4 is 27.5 Å². The van der Waals surface area contributed by atoms with Gasteiger partial charge in [0.2, 0.25) is 0 Å². The zero-order chi connectivity index (χ0) is 12.4. The first-order chi connectivity index (χ1) is 8.17. The van der Waals surface area contributed by atoms with E-state index in [9.17, 15) is 0 Å². The largest absolute Gasteiger partial charge is 0.314 e. The molecule has 0 heterocycles. The molecule has 3 heteroatoms. The molecule has 94 valence electrons. The van der Waals surface area contributed by atoms with Gasteiger partial charge in [-0.15, -0.1) is 0 Å². The number of benzene rings is 1. The third kappa shape index (κ3) is 2.69. The zero-order valence-corrected chi connectivity index (χ0v) is 12.7. The highest BCUT2D eigenvalue weighted by atomic mass is 79.9. The average molecular weight is 317 g/mol. The summed E-state index contributed by atoms with van der Waals surface area (Å²) in [5.41, 5.74) is 1.32. The van der Waals surface area contributed by atoms with Gasteiger partial charge in [0, 0.05) is 15.5 Å². The van der Waals surface area contributed by atoms with Crippen molar-refractivity contribution in [2.24, 2.45) is 5.92 Å². The quantitative estimate of drug-likeness (QED) is 0.856. The van der Waals surface area contributed by atoms with Crippen molar-refractivity contribution in [3.63, 3.8) is 0 Å². The predicted octanol–water partition coefficient (Wildman–Crippen LogP) is 4.59. The van der Waals surface area contributed by atoms with Crippen LogP contribution in [0.3, 0.4) is 0 Å². The van der Waals surface area contributed by atoms with Crippen LogP contribution in [0.5, 0.6) is 0 Å². The molecule has 1 fully saturated rings. The molecule has 0 amide bonds. The summed E-state index contributed by atoms with van der Waals surface area (Å²) in [6.07, 6.45) is 2.43. The highest BCUT2D eigenvalue weighted by Crippen LogP contribution is 2.46. The molecule has 1 N–H and O–H groups in total. The summed E-state index contributed by atoms with van der Waals surface area (Å²) in [6, 6.07) is 6.94. The second-order valence-electron chi connectivity index (χ2n) is 4.74. The number of nitrogens with one attached hydrogen (secondary N) is 1. The maximum Gasteiger partial charge on any atom is 0.0452 e. The summed E-state index contributed by atoms with van der Waals surface area (Å²) in [5, 5.41) is 4.46. The number of hydrogen-bond acceptors (Lipinski definition) is 1. The lowest BCUT2D eigenvalue weighted by molar-refractivity contribution is 0.163. The highest BCUT2D eigenvalue weighted by molar-refractivity contribution is 9.10. The van der Waals surface area contributed by atoms with Crippen molar-refractivity contribution in [1.29, 1.82) is 0 Å². The van der Waals surface area contributed by atoms with Crippen LogP contribution in [0.15, 0.2) is 22.7 Å². The van der Waals surface area contributed by atoms with Gasteiger partial charge in [-0.2, -0.15) is 0 Å². The Balaban J connectivity index is 2.13. The van der Waals surface area contributed by atoms with E-state index in [1.807, 2.05) is 6.07 Å². The number of halogens is 2. The minimum absolute atomic E-state index is 0.629. The van der Waals surface area contributed by atoms with E-state index < -0.39 is 0 Å². The van der Waals surface area contributed by atoms with Gasteiger partial charge in [-0.1, -0.05) is 53.9 Å². The molecule has 0 saturated heterocycles. The van der Waals surface area contributed by atoms with E-state index in [2.05, 4.69) is 47.2 Å². The van der Waals surface area contributed by atoms with Gasteiger partial charge in [-0.3, -0.25) is 0 Å². The highest BCUT2D eigenvalue weighted by Gasteiger charge is 2.40. The first-order valence-corrected chi connectivity index (χ1v) is 7.52. The Bertz CT molecular complexity index is 394. The molecule has 1 nitrogen and oxygen atoms in total. The molecule has 1 aromatic rings. The molecule has 0 aliphatic heterocycles. The fourth-order valence-corrected chi connectivity index (χ4v) is 3.75. The molecule has 1 aliphatic rings. The summed E-state index contributed by atoms with van der Waals surface area (Å²) in [5.74, 6) is 1.36. The van der Waals surface area contributed by atoms with Crippen molar-refractivity contribution in [3.05, 3.63) is 33.3 Å². The molecular formula is C14H19BrClN. The number of rotatable bonds is 4. The van der Waals surface area contributed by atoms with Gasteiger partial charge in [0.05, 0.1) is 0 Å². The summed E-state index contributed by atoms with van der Waals surface area (Å²) in [7, 11) is 0. The summed E-state index contributed by atoms with van der Waals surface area (Å²) in [6.45, 7) is 5.50. The third-order valence-electron chi connectivity index (χ3n) is 3.84. The van der Waals surface area contributed by atoms with Crippen molar-refractivity contribution < 1.29 is 0 Å². The van der Waals surface area contributed by atoms with Gasteiger partial charge in [-0.25, -0.2) is 0 Å². The average Bonchev–Trinajstić information content (AvgIpc) is 2.26. The minimum atomic E-state index is 0.629. The van der Waals surface area contributed by atoms with Crippen LogP contribution in [-0.4, -0.2) is 12.6 Å². The van der Waals surface area contributed by atoms with Crippen molar-refractivity contribution in [1.82, 2.24) is 5.32 Å². The first-order valence-electron chi connectivity index (χ1n) is 6.35. The van der Waals surface area contributed by atoms with Gasteiger partial charge in [0.15, 0.2) is 0 Å². The Morgan fingerprint density at radius 2 is 2.18 bits per heavy atom. The molecule has 0 spiro atoms. The maximum atomic E-state index is 6.33. The lowest BCUT2D eigenvalue weighted by Crippen LogP contribution is -2.48. The maximum absolute atomic E-state index is 6.33. The minimum Gasteiger partial charge on any atom is -0.314 e. The zero-order valence-electron chi connectivity index (χ0n) is 10.3. The van der Waals surface area contributed by atoms with Crippen LogP contribution < -0.4 is 5.32 Å². The molecule has 1 saturated carbocycles. The van der Waals surface area contributed by atoms with Crippen molar-refractivity contribution in [3.8, 4) is 0 Å². The van der Waals surface area contributed by atoms with Crippen molar-refractivity contribution in [2.75, 3.05) is 6.54 Å². The molecule has 0 aromatic heterocycles. The van der Waals surface area contributed by atoms with Crippen LogP contribution in [0.25, 0.3) is 0 Å². The topological polar surface area (TPSA) is 12.0 Å². The Morgan fingerprint density at radius 1 is 1.41 bits per heavy atom. The Labute approximate surface area is 117 Å². The van der Waals surface area contributed by atoms with Crippen LogP contribution in [0.2, 0.25) is 5.02 Å². The van der Waals surface area contributed by atoms with Crippen LogP contribution in [0, 0.1) is 5.92 Å². The first kappa shape index (κ1) is 13.4. The van der Waals surface area contributed by atoms with E-state index in [0.717, 1.165) is 22.0 Å². The Hall–Kier alpha value is -0.0500. The molecule has 0 radical (unpaired) electrons. The fraction of sp³-hybridized carbons (Fsp3) is 0.571. The number of hydrogen-bond donors (Lipinski definition) is 1. The van der Waals surface area contributed by atoms with E-state index in [1.54, 1.807) is 0 Å². The van der Waals surface area contributed by atoms with E-state index in [0.29, 0.717) is 12.0 Å². The normalized spacial score (nSPS) is 27.9. The fourth-order valence-electron chi connectivity index (χ4n) is 2.93. The van der Waals surface area contributed by atoms with E-state index >= 15 is 0 Å². The molecule has 1 aromatic carbocycles. The molecule has 3 atom stereocenters. The van der Waals surface area contributed by atoms with Gasteiger partial charge in [0.25, 0.3) is 0 Å². The van der Waals surface area contributed by atoms with Gasteiger partial charge in [-0.05, 0) is 42.5 Å². The van der Waals surface area contributed by atoms with Crippen LogP contribution in [0.1, 0.15) is 38.2 Å². The third-order valence-corrected chi connectivity index (χ3v) is 4.66. The molecule has 0 bridgehead atoms. The Morgan fingerprint density at radius 3 is 2.76 bits per heavy atom. The van der Waals surface area contributed by atoms with Crippen molar-refractivity contribution in [2.45, 2.75) is 38.6 Å². The summed E-state index contributed by atoms with van der Waals surface area (Å²) in [4.78, 5) is 0. The van der Waals surface area contributed by atoms with E-state index in [4.69, 9.17) is 11.6 Å². The Kier molecular flexibility index (Phi) is 4.51. The molecule has 3 unspecified atom stereocenters. The summed E-state index contributed by atoms with van der Waals surface area (Å²) >= 11 is 9.79. The smallest absolute Gasteiger partial charge is 0.0452 e. The van der Waals surface area contributed by atoms with Crippen LogP contribution in [-0.2, 0) is 0 Å². The van der Waals surface area contributed by atoms with E-state index in [-0.39, 0.29) is 0 Å². The van der Waals surface area contributed by atoms with E-state index in [1.165, 1.54) is 18.4 Å². The monoisotopic (exact) mass is 315 g/mol. The predicted molar refractivity (Wildman–Crippen MR) is 77.8 cm³/mol. The van der Waals surface area contributed by atoms with Crippen LogP contribution >= 0.6 is 27.5 Å². The SMILES string of the molecule is CCNC1CC(c2ccc(Br)cc2Cl)C1CC. The second kappa shape index (κ2) is 5.73.